The molecule has 7 nitrogen and oxygen atoms in total. The Labute approximate surface area is 149 Å². The maximum atomic E-state index is 13.5. The number of piperidine rings is 1. The molecule has 2 unspecified atom stereocenters. The molecule has 0 aliphatic carbocycles. The van der Waals surface area contributed by atoms with E-state index >= 15 is 0 Å². The van der Waals surface area contributed by atoms with Crippen molar-refractivity contribution in [2.75, 3.05) is 26.2 Å². The second kappa shape index (κ2) is 9.23. The Kier molecular flexibility index (Phi) is 7.02. The summed E-state index contributed by atoms with van der Waals surface area (Å²) in [6.45, 7) is 2.03. The molecule has 0 aromatic heterocycles. The molecule has 3 amide bonds. The van der Waals surface area contributed by atoms with Crippen molar-refractivity contribution in [1.29, 1.82) is 0 Å². The largest absolute Gasteiger partial charge is 0.350 e. The lowest BCUT2D eigenvalue weighted by atomic mass is 9.86. The van der Waals surface area contributed by atoms with Crippen molar-refractivity contribution < 1.29 is 23.2 Å². The minimum Gasteiger partial charge on any atom is -0.350 e. The van der Waals surface area contributed by atoms with Gasteiger partial charge in [-0.15, -0.1) is 0 Å². The molecule has 1 aromatic carbocycles. The summed E-state index contributed by atoms with van der Waals surface area (Å²) in [7, 11) is 0. The Hall–Kier alpha value is -2.55. The third-order valence-corrected chi connectivity index (χ3v) is 4.14. The molecule has 0 spiro atoms. The monoisotopic (exact) mass is 368 g/mol. The lowest BCUT2D eigenvalue weighted by Gasteiger charge is -2.33. The van der Waals surface area contributed by atoms with Gasteiger partial charge in [0.05, 0.1) is 13.1 Å². The van der Waals surface area contributed by atoms with Gasteiger partial charge in [0.1, 0.15) is 0 Å². The number of nitrogens with one attached hydrogen (secondary N) is 4. The fraction of sp³-hybridized carbons (Fsp3) is 0.471. The topological polar surface area (TPSA) is 99.3 Å². The Bertz CT molecular complexity index is 684. The molecule has 0 bridgehead atoms. The van der Waals surface area contributed by atoms with Gasteiger partial charge >= 0.3 is 0 Å². The van der Waals surface area contributed by atoms with Gasteiger partial charge in [-0.05, 0) is 30.7 Å². The molecule has 142 valence electrons. The fourth-order valence-corrected chi connectivity index (χ4v) is 2.86. The number of carbonyl (C=O) groups excluding carboxylic acids is 3. The fourth-order valence-electron chi connectivity index (χ4n) is 2.86. The van der Waals surface area contributed by atoms with Crippen molar-refractivity contribution in [3.8, 4) is 0 Å². The predicted octanol–water partition coefficient (Wildman–Crippen LogP) is -0.221. The summed E-state index contributed by atoms with van der Waals surface area (Å²) in [6.07, 6.45) is 0.658. The summed E-state index contributed by atoms with van der Waals surface area (Å²) in [5.74, 6) is -3.21. The lowest BCUT2D eigenvalue weighted by Crippen LogP contribution is -2.52. The molecule has 2 atom stereocenters. The third kappa shape index (κ3) is 5.76. The van der Waals surface area contributed by atoms with Gasteiger partial charge in [0.15, 0.2) is 11.6 Å². The van der Waals surface area contributed by atoms with Crippen LogP contribution in [0.25, 0.3) is 0 Å². The van der Waals surface area contributed by atoms with Gasteiger partial charge < -0.3 is 21.3 Å². The molecule has 1 saturated heterocycles. The first kappa shape index (κ1) is 19.8. The van der Waals surface area contributed by atoms with Gasteiger partial charge in [-0.2, -0.15) is 0 Å². The van der Waals surface area contributed by atoms with Crippen molar-refractivity contribution in [3.05, 3.63) is 35.4 Å². The van der Waals surface area contributed by atoms with Gasteiger partial charge in [-0.1, -0.05) is 6.07 Å². The Morgan fingerprint density at radius 3 is 2.54 bits per heavy atom. The molecule has 1 aliphatic heterocycles. The molecule has 26 heavy (non-hydrogen) atoms. The number of hydrogen-bond donors (Lipinski definition) is 4. The molecule has 1 aromatic rings. The van der Waals surface area contributed by atoms with Crippen LogP contribution in [0.4, 0.5) is 8.78 Å². The van der Waals surface area contributed by atoms with Gasteiger partial charge in [0.2, 0.25) is 17.7 Å². The first-order valence-electron chi connectivity index (χ1n) is 8.33. The van der Waals surface area contributed by atoms with Gasteiger partial charge in [0.25, 0.3) is 0 Å². The van der Waals surface area contributed by atoms with E-state index in [1.54, 1.807) is 0 Å². The minimum atomic E-state index is -0.920. The first-order valence-corrected chi connectivity index (χ1v) is 8.33. The summed E-state index contributed by atoms with van der Waals surface area (Å²) in [5, 5.41) is 10.7. The second-order valence-electron chi connectivity index (χ2n) is 6.13. The standard InChI is InChI=1S/C17H22F2N4O3/c1-10(24)21-8-16(25)22-9-17(26)23-15-7-20-5-4-12(15)11-2-3-13(18)14(19)6-11/h2-3,6,12,15,20H,4-5,7-9H2,1H3,(H,21,24)(H,22,25)(H,23,26). The van der Waals surface area contributed by atoms with Gasteiger partial charge in [0, 0.05) is 25.4 Å². The Balaban J connectivity index is 1.90. The average Bonchev–Trinajstić information content (AvgIpc) is 2.61. The molecule has 1 fully saturated rings. The maximum absolute atomic E-state index is 13.5. The highest BCUT2D eigenvalue weighted by molar-refractivity contribution is 5.87. The Morgan fingerprint density at radius 1 is 1.12 bits per heavy atom. The highest BCUT2D eigenvalue weighted by Crippen LogP contribution is 2.26. The molecule has 4 N–H and O–H groups in total. The van der Waals surface area contributed by atoms with Gasteiger partial charge in [-0.3, -0.25) is 14.4 Å². The minimum absolute atomic E-state index is 0.162. The highest BCUT2D eigenvalue weighted by atomic mass is 19.2. The van der Waals surface area contributed by atoms with Crippen molar-refractivity contribution in [2.45, 2.75) is 25.3 Å². The Morgan fingerprint density at radius 2 is 1.85 bits per heavy atom. The number of carbonyl (C=O) groups is 3. The number of benzene rings is 1. The highest BCUT2D eigenvalue weighted by Gasteiger charge is 2.28. The maximum Gasteiger partial charge on any atom is 0.239 e. The van der Waals surface area contributed by atoms with Crippen LogP contribution in [-0.2, 0) is 14.4 Å². The predicted molar refractivity (Wildman–Crippen MR) is 90.2 cm³/mol. The van der Waals surface area contributed by atoms with E-state index in [1.807, 2.05) is 0 Å². The van der Waals surface area contributed by atoms with Crippen LogP contribution < -0.4 is 21.3 Å². The third-order valence-electron chi connectivity index (χ3n) is 4.14. The average molecular weight is 368 g/mol. The van der Waals surface area contributed by atoms with E-state index in [1.165, 1.54) is 13.0 Å². The van der Waals surface area contributed by atoms with Gasteiger partial charge in [-0.25, -0.2) is 8.78 Å². The van der Waals surface area contributed by atoms with Crippen LogP contribution in [0.2, 0.25) is 0 Å². The van der Waals surface area contributed by atoms with Crippen LogP contribution in [0.1, 0.15) is 24.8 Å². The second-order valence-corrected chi connectivity index (χ2v) is 6.13. The molecule has 0 radical (unpaired) electrons. The summed E-state index contributed by atoms with van der Waals surface area (Å²) >= 11 is 0. The van der Waals surface area contributed by atoms with E-state index in [9.17, 15) is 23.2 Å². The van der Waals surface area contributed by atoms with E-state index < -0.39 is 23.4 Å². The van der Waals surface area contributed by atoms with E-state index in [-0.39, 0.29) is 31.0 Å². The zero-order valence-electron chi connectivity index (χ0n) is 14.4. The molecule has 2 rings (SSSR count). The number of halogens is 2. The summed E-state index contributed by atoms with van der Waals surface area (Å²) in [4.78, 5) is 34.3. The van der Waals surface area contributed by atoms with Crippen molar-refractivity contribution in [3.63, 3.8) is 0 Å². The quantitative estimate of drug-likeness (QED) is 0.558. The van der Waals surface area contributed by atoms with Crippen LogP contribution in [0.15, 0.2) is 18.2 Å². The molecule has 0 saturated carbocycles. The first-order chi connectivity index (χ1) is 12.4. The van der Waals surface area contributed by atoms with Crippen LogP contribution >= 0.6 is 0 Å². The van der Waals surface area contributed by atoms with Crippen molar-refractivity contribution >= 4 is 17.7 Å². The lowest BCUT2D eigenvalue weighted by molar-refractivity contribution is -0.127. The van der Waals surface area contributed by atoms with E-state index in [0.717, 1.165) is 12.1 Å². The van der Waals surface area contributed by atoms with Crippen LogP contribution in [0.5, 0.6) is 0 Å². The molecule has 1 heterocycles. The number of amides is 3. The van der Waals surface area contributed by atoms with E-state index in [4.69, 9.17) is 0 Å². The van der Waals surface area contributed by atoms with E-state index in [0.29, 0.717) is 25.1 Å². The molecular formula is C17H22F2N4O3. The SMILES string of the molecule is CC(=O)NCC(=O)NCC(=O)NC1CNCCC1c1ccc(F)c(F)c1. The van der Waals surface area contributed by atoms with Crippen LogP contribution in [-0.4, -0.2) is 49.9 Å². The molecular weight excluding hydrogens is 346 g/mol. The number of hydrogen-bond acceptors (Lipinski definition) is 4. The summed E-state index contributed by atoms with van der Waals surface area (Å²) in [5.41, 5.74) is 0.616. The zero-order valence-corrected chi connectivity index (χ0v) is 14.4. The van der Waals surface area contributed by atoms with Crippen molar-refractivity contribution in [2.24, 2.45) is 0 Å². The van der Waals surface area contributed by atoms with Crippen LogP contribution in [0.3, 0.4) is 0 Å². The summed E-state index contributed by atoms with van der Waals surface area (Å²) in [6, 6.07) is 3.43. The molecule has 1 aliphatic rings. The molecule has 9 heteroatoms. The summed E-state index contributed by atoms with van der Waals surface area (Å²) < 4.78 is 26.6. The normalized spacial score (nSPS) is 19.5. The van der Waals surface area contributed by atoms with Crippen LogP contribution in [0, 0.1) is 11.6 Å². The van der Waals surface area contributed by atoms with Crippen molar-refractivity contribution in [1.82, 2.24) is 21.3 Å². The smallest absolute Gasteiger partial charge is 0.239 e. The van der Waals surface area contributed by atoms with E-state index in [2.05, 4.69) is 21.3 Å². The number of rotatable bonds is 6. The zero-order chi connectivity index (χ0) is 19.1.